The Kier molecular flexibility index (Phi) is 4.84. The Morgan fingerprint density at radius 2 is 2.04 bits per heavy atom. The minimum Gasteiger partial charge on any atom is -0.382 e. The van der Waals surface area contributed by atoms with Gasteiger partial charge in [-0.15, -0.1) is 0 Å². The summed E-state index contributed by atoms with van der Waals surface area (Å²) >= 11 is 0. The molecule has 9 heteroatoms. The summed E-state index contributed by atoms with van der Waals surface area (Å²) < 4.78 is 39.0. The number of aryl methyl sites for hydroxylation is 1. The van der Waals surface area contributed by atoms with E-state index in [4.69, 9.17) is 5.11 Å². The van der Waals surface area contributed by atoms with Gasteiger partial charge in [0.1, 0.15) is 0 Å². The molecule has 1 atom stereocenters. The van der Waals surface area contributed by atoms with Crippen LogP contribution in [0.1, 0.15) is 35.9 Å². The maximum atomic E-state index is 12.4. The summed E-state index contributed by atoms with van der Waals surface area (Å²) in [6.07, 6.45) is -5.81. The molecule has 2 rings (SSSR count). The average molecular weight is 344 g/mol. The zero-order valence-corrected chi connectivity index (χ0v) is 13.8. The van der Waals surface area contributed by atoms with Crippen molar-refractivity contribution in [3.8, 4) is 0 Å². The molecule has 132 valence electrons. The predicted octanol–water partition coefficient (Wildman–Crippen LogP) is 2.32. The van der Waals surface area contributed by atoms with Gasteiger partial charge < -0.3 is 10.0 Å². The number of aliphatic hydroxyl groups is 1. The van der Waals surface area contributed by atoms with Crippen LogP contribution in [-0.4, -0.2) is 56.6 Å². The van der Waals surface area contributed by atoms with E-state index < -0.39 is 24.7 Å². The molecule has 6 nitrogen and oxygen atoms in total. The molecule has 2 aromatic rings. The molecule has 0 aliphatic rings. The number of carbonyl (C=O) groups excluding carboxylic acids is 1. The lowest BCUT2D eigenvalue weighted by Crippen LogP contribution is -2.42. The maximum Gasteiger partial charge on any atom is 0.416 e. The van der Waals surface area contributed by atoms with Gasteiger partial charge >= 0.3 is 6.18 Å². The Morgan fingerprint density at radius 3 is 2.58 bits per heavy atom. The van der Waals surface area contributed by atoms with Gasteiger partial charge in [0.15, 0.2) is 11.8 Å². The molecule has 0 aromatic carbocycles. The molecule has 2 aromatic heterocycles. The number of hydrogen-bond donors (Lipinski definition) is 1. The van der Waals surface area contributed by atoms with Crippen LogP contribution in [0.4, 0.5) is 13.2 Å². The van der Waals surface area contributed by atoms with Crippen LogP contribution in [-0.2, 0) is 0 Å². The van der Waals surface area contributed by atoms with Gasteiger partial charge in [-0.05, 0) is 26.8 Å². The van der Waals surface area contributed by atoms with E-state index in [1.807, 2.05) is 13.8 Å². The number of alkyl halides is 3. The average Bonchev–Trinajstić information content (AvgIpc) is 2.87. The van der Waals surface area contributed by atoms with E-state index in [1.54, 1.807) is 23.9 Å². The molecule has 0 saturated carbocycles. The van der Waals surface area contributed by atoms with Crippen LogP contribution in [0.15, 0.2) is 12.3 Å². The number of aromatic nitrogens is 3. The van der Waals surface area contributed by atoms with Crippen LogP contribution in [0.25, 0.3) is 11.0 Å². The minimum atomic E-state index is -4.77. The molecule has 0 radical (unpaired) electrons. The molecule has 0 spiro atoms. The SMILES string of the molecule is Cc1nc2c(cnn2C(C)C)cc1C(=O)N(C)CC(O)C(F)(F)F. The smallest absolute Gasteiger partial charge is 0.382 e. The van der Waals surface area contributed by atoms with Crippen molar-refractivity contribution in [3.05, 3.63) is 23.5 Å². The molecule has 24 heavy (non-hydrogen) atoms. The fraction of sp³-hybridized carbons (Fsp3) is 0.533. The normalized spacial score (nSPS) is 13.5. The minimum absolute atomic E-state index is 0.0838. The second-order valence-corrected chi connectivity index (χ2v) is 5.96. The number of rotatable bonds is 4. The van der Waals surface area contributed by atoms with Crippen molar-refractivity contribution in [2.24, 2.45) is 0 Å². The molecular weight excluding hydrogens is 325 g/mol. The van der Waals surface area contributed by atoms with Gasteiger partial charge in [0, 0.05) is 18.5 Å². The number of nitrogens with zero attached hydrogens (tertiary/aromatic N) is 4. The van der Waals surface area contributed by atoms with Gasteiger partial charge in [-0.25, -0.2) is 9.67 Å². The van der Waals surface area contributed by atoms with Crippen molar-refractivity contribution in [1.29, 1.82) is 0 Å². The lowest BCUT2D eigenvalue weighted by Gasteiger charge is -2.23. The first kappa shape index (κ1) is 18.2. The summed E-state index contributed by atoms with van der Waals surface area (Å²) in [5.41, 5.74) is 1.18. The Hall–Kier alpha value is -2.16. The van der Waals surface area contributed by atoms with E-state index >= 15 is 0 Å². The van der Waals surface area contributed by atoms with Gasteiger partial charge in [-0.1, -0.05) is 0 Å². The number of hydrogen-bond acceptors (Lipinski definition) is 4. The van der Waals surface area contributed by atoms with Gasteiger partial charge in [-0.2, -0.15) is 18.3 Å². The second kappa shape index (κ2) is 6.39. The van der Waals surface area contributed by atoms with Crippen LogP contribution in [0.5, 0.6) is 0 Å². The predicted molar refractivity (Wildman–Crippen MR) is 81.7 cm³/mol. The second-order valence-electron chi connectivity index (χ2n) is 5.96. The summed E-state index contributed by atoms with van der Waals surface area (Å²) in [5, 5.41) is 13.9. The quantitative estimate of drug-likeness (QED) is 0.924. The van der Waals surface area contributed by atoms with Crippen molar-refractivity contribution in [1.82, 2.24) is 19.7 Å². The van der Waals surface area contributed by atoms with Gasteiger partial charge in [0.25, 0.3) is 5.91 Å². The summed E-state index contributed by atoms with van der Waals surface area (Å²) in [7, 11) is 1.21. The Bertz CT molecular complexity index is 755. The molecule has 1 unspecified atom stereocenters. The molecular formula is C15H19F3N4O2. The van der Waals surface area contributed by atoms with E-state index in [1.165, 1.54) is 7.05 Å². The van der Waals surface area contributed by atoms with Crippen LogP contribution in [0.2, 0.25) is 0 Å². The van der Waals surface area contributed by atoms with E-state index in [2.05, 4.69) is 10.1 Å². The summed E-state index contributed by atoms with van der Waals surface area (Å²) in [4.78, 5) is 17.6. The summed E-state index contributed by atoms with van der Waals surface area (Å²) in [5.74, 6) is -0.637. The molecule has 0 saturated heterocycles. The summed E-state index contributed by atoms with van der Waals surface area (Å²) in [6, 6.07) is 1.64. The Morgan fingerprint density at radius 1 is 1.42 bits per heavy atom. The molecule has 1 N–H and O–H groups in total. The first-order chi connectivity index (χ1) is 11.0. The zero-order valence-electron chi connectivity index (χ0n) is 13.8. The van der Waals surface area contributed by atoms with Crippen molar-refractivity contribution in [3.63, 3.8) is 0 Å². The lowest BCUT2D eigenvalue weighted by molar-refractivity contribution is -0.205. The third kappa shape index (κ3) is 3.50. The van der Waals surface area contributed by atoms with Crippen LogP contribution < -0.4 is 0 Å². The molecule has 0 aliphatic heterocycles. The number of likely N-dealkylation sites (N-methyl/N-ethyl adjacent to an activating group) is 1. The summed E-state index contributed by atoms with van der Waals surface area (Å²) in [6.45, 7) is 4.65. The van der Waals surface area contributed by atoms with E-state index in [9.17, 15) is 18.0 Å². The van der Waals surface area contributed by atoms with Crippen LogP contribution in [0, 0.1) is 6.92 Å². The number of pyridine rings is 1. The van der Waals surface area contributed by atoms with Gasteiger partial charge in [-0.3, -0.25) is 4.79 Å². The Balaban J connectivity index is 2.31. The van der Waals surface area contributed by atoms with Gasteiger partial charge in [0.05, 0.1) is 24.0 Å². The number of carbonyl (C=O) groups is 1. The van der Waals surface area contributed by atoms with Crippen molar-refractivity contribution in [2.45, 2.75) is 39.1 Å². The van der Waals surface area contributed by atoms with Gasteiger partial charge in [0.2, 0.25) is 0 Å². The lowest BCUT2D eigenvalue weighted by atomic mass is 10.1. The topological polar surface area (TPSA) is 71.2 Å². The molecule has 0 fully saturated rings. The van der Waals surface area contributed by atoms with Crippen molar-refractivity contribution >= 4 is 16.9 Å². The first-order valence-electron chi connectivity index (χ1n) is 7.37. The Labute approximate surface area is 136 Å². The van der Waals surface area contributed by atoms with Crippen LogP contribution in [0.3, 0.4) is 0 Å². The third-order valence-electron chi connectivity index (χ3n) is 3.65. The highest BCUT2D eigenvalue weighted by Gasteiger charge is 2.39. The largest absolute Gasteiger partial charge is 0.416 e. The monoisotopic (exact) mass is 344 g/mol. The number of halogens is 3. The fourth-order valence-electron chi connectivity index (χ4n) is 2.31. The van der Waals surface area contributed by atoms with E-state index in [-0.39, 0.29) is 11.6 Å². The molecule has 2 heterocycles. The van der Waals surface area contributed by atoms with Crippen molar-refractivity contribution in [2.75, 3.05) is 13.6 Å². The third-order valence-corrected chi connectivity index (χ3v) is 3.65. The first-order valence-corrected chi connectivity index (χ1v) is 7.37. The number of amides is 1. The highest BCUT2D eigenvalue weighted by atomic mass is 19.4. The standard InChI is InChI=1S/C15H19F3N4O2/c1-8(2)22-13-10(6-19-22)5-11(9(3)20-13)14(24)21(4)7-12(23)15(16,17)18/h5-6,8,12,23H,7H2,1-4H3. The number of fused-ring (bicyclic) bond motifs is 1. The molecule has 0 aliphatic carbocycles. The van der Waals surface area contributed by atoms with Crippen LogP contribution >= 0.6 is 0 Å². The fourth-order valence-corrected chi connectivity index (χ4v) is 2.31. The maximum absolute atomic E-state index is 12.4. The molecule has 0 bridgehead atoms. The highest BCUT2D eigenvalue weighted by Crippen LogP contribution is 2.23. The van der Waals surface area contributed by atoms with Crippen molar-refractivity contribution < 1.29 is 23.1 Å². The zero-order chi connectivity index (χ0) is 18.2. The highest BCUT2D eigenvalue weighted by molar-refractivity contribution is 5.98. The molecule has 1 amide bonds. The number of aliphatic hydroxyl groups excluding tert-OH is 1. The van der Waals surface area contributed by atoms with E-state index in [0.29, 0.717) is 16.7 Å². The van der Waals surface area contributed by atoms with E-state index in [0.717, 1.165) is 4.90 Å².